The largest absolute Gasteiger partial charge is 0.269 e. The Hall–Kier alpha value is -4.32. The predicted octanol–water partition coefficient (Wildman–Crippen LogP) is 8.20. The number of non-ortho nitro benzene ring substituents is 1. The molecule has 194 valence electrons. The summed E-state index contributed by atoms with van der Waals surface area (Å²) in [5.74, 6) is 0. The lowest BCUT2D eigenvalue weighted by atomic mass is 9.77. The van der Waals surface area contributed by atoms with Crippen molar-refractivity contribution in [2.75, 3.05) is 0 Å². The van der Waals surface area contributed by atoms with Crippen molar-refractivity contribution in [1.82, 2.24) is 9.78 Å². The number of nitro benzene ring substituents is 1. The van der Waals surface area contributed by atoms with Crippen molar-refractivity contribution >= 4 is 52.0 Å². The van der Waals surface area contributed by atoms with Crippen LogP contribution >= 0.6 is 22.9 Å². The fourth-order valence-corrected chi connectivity index (χ4v) is 6.16. The average Bonchev–Trinajstić information content (AvgIpc) is 3.43. The van der Waals surface area contributed by atoms with E-state index in [9.17, 15) is 15.4 Å². The maximum absolute atomic E-state index is 10.9. The number of nitro groups is 1. The van der Waals surface area contributed by atoms with Gasteiger partial charge in [0.05, 0.1) is 21.9 Å². The summed E-state index contributed by atoms with van der Waals surface area (Å²) in [6, 6.07) is 18.3. The molecule has 0 aliphatic heterocycles. The molecule has 0 fully saturated rings. The van der Waals surface area contributed by atoms with E-state index in [1.54, 1.807) is 23.0 Å². The number of allylic oxidation sites excluding steroid dienone is 2. The Morgan fingerprint density at radius 1 is 1.18 bits per heavy atom. The molecule has 2 aromatic carbocycles. The maximum Gasteiger partial charge on any atom is 0.269 e. The first-order chi connectivity index (χ1) is 18.7. The molecule has 1 aliphatic rings. The smallest absolute Gasteiger partial charge is 0.258 e. The Morgan fingerprint density at radius 2 is 1.90 bits per heavy atom. The van der Waals surface area contributed by atoms with Crippen LogP contribution in [-0.2, 0) is 5.41 Å². The van der Waals surface area contributed by atoms with Gasteiger partial charge in [0, 0.05) is 39.8 Å². The van der Waals surface area contributed by atoms with Gasteiger partial charge in [-0.2, -0.15) is 10.4 Å². The van der Waals surface area contributed by atoms with Crippen LogP contribution in [-0.4, -0.2) is 20.9 Å². The highest BCUT2D eigenvalue weighted by molar-refractivity contribution is 7.16. The fourth-order valence-electron chi connectivity index (χ4n) is 4.65. The Bertz CT molecular complexity index is 1700. The van der Waals surface area contributed by atoms with Crippen LogP contribution < -0.4 is 0 Å². The molecule has 2 aromatic heterocycles. The minimum atomic E-state index is -0.437. The van der Waals surface area contributed by atoms with Crippen LogP contribution in [0.15, 0.2) is 71.2 Å². The first-order valence-corrected chi connectivity index (χ1v) is 13.4. The van der Waals surface area contributed by atoms with Crippen LogP contribution in [0.2, 0.25) is 5.15 Å². The van der Waals surface area contributed by atoms with E-state index in [-0.39, 0.29) is 11.1 Å². The Labute approximate surface area is 235 Å². The molecular weight excluding hydrogens is 530 g/mol. The highest BCUT2D eigenvalue weighted by Crippen LogP contribution is 2.48. The SMILES string of the molecule is Cc1nn(-c2ccccc2)c(Cl)c1/C=C\C1=Cc2c(sc(/N=C/c3ccc([N+](=O)[O-])cc3)c2C#N)C(C)(C)C1. The highest BCUT2D eigenvalue weighted by Gasteiger charge is 2.33. The molecule has 9 heteroatoms. The van der Waals surface area contributed by atoms with Crippen LogP contribution in [0.25, 0.3) is 17.8 Å². The Kier molecular flexibility index (Phi) is 7.04. The lowest BCUT2D eigenvalue weighted by Crippen LogP contribution is -2.20. The molecule has 0 saturated carbocycles. The van der Waals surface area contributed by atoms with Gasteiger partial charge in [-0.1, -0.05) is 49.7 Å². The lowest BCUT2D eigenvalue weighted by Gasteiger charge is -2.29. The molecule has 39 heavy (non-hydrogen) atoms. The summed E-state index contributed by atoms with van der Waals surface area (Å²) in [5, 5.41) is 26.7. The minimum absolute atomic E-state index is 0.0211. The van der Waals surface area contributed by atoms with Crippen molar-refractivity contribution in [3.05, 3.63) is 114 Å². The number of nitriles is 1. The van der Waals surface area contributed by atoms with E-state index in [4.69, 9.17) is 11.6 Å². The van der Waals surface area contributed by atoms with Crippen molar-refractivity contribution in [1.29, 1.82) is 5.26 Å². The van der Waals surface area contributed by atoms with Gasteiger partial charge in [0.25, 0.3) is 5.69 Å². The molecule has 5 rings (SSSR count). The first kappa shape index (κ1) is 26.3. The minimum Gasteiger partial charge on any atom is -0.258 e. The molecule has 7 nitrogen and oxygen atoms in total. The number of nitrogens with zero attached hydrogens (tertiary/aromatic N) is 5. The normalized spacial score (nSPS) is 14.4. The summed E-state index contributed by atoms with van der Waals surface area (Å²) < 4.78 is 1.73. The van der Waals surface area contributed by atoms with Gasteiger partial charge in [0.1, 0.15) is 16.2 Å². The summed E-state index contributed by atoms with van der Waals surface area (Å²) in [4.78, 5) is 16.2. The van der Waals surface area contributed by atoms with Crippen LogP contribution in [0, 0.1) is 28.4 Å². The number of hydrogen-bond acceptors (Lipinski definition) is 6. The summed E-state index contributed by atoms with van der Waals surface area (Å²) in [6.45, 7) is 6.27. The zero-order valence-electron chi connectivity index (χ0n) is 21.6. The van der Waals surface area contributed by atoms with E-state index in [1.165, 1.54) is 23.5 Å². The third kappa shape index (κ3) is 5.19. The van der Waals surface area contributed by atoms with Crippen molar-refractivity contribution in [3.63, 3.8) is 0 Å². The second-order valence-corrected chi connectivity index (χ2v) is 11.3. The van der Waals surface area contributed by atoms with E-state index < -0.39 is 4.92 Å². The maximum atomic E-state index is 10.9. The fraction of sp³-hybridized carbons (Fsp3) is 0.167. The number of aryl methyl sites for hydroxylation is 1. The van der Waals surface area contributed by atoms with Gasteiger partial charge in [0.15, 0.2) is 0 Å². The lowest BCUT2D eigenvalue weighted by molar-refractivity contribution is -0.384. The van der Waals surface area contributed by atoms with Crippen LogP contribution in [0.1, 0.15) is 53.1 Å². The number of para-hydroxylation sites is 1. The molecule has 0 N–H and O–H groups in total. The van der Waals surface area contributed by atoms with E-state index in [0.717, 1.165) is 44.9 Å². The third-order valence-corrected chi connectivity index (χ3v) is 8.42. The quantitative estimate of drug-likeness (QED) is 0.136. The first-order valence-electron chi connectivity index (χ1n) is 12.2. The van der Waals surface area contributed by atoms with Gasteiger partial charge in [0.2, 0.25) is 0 Å². The van der Waals surface area contributed by atoms with Crippen molar-refractivity contribution in [3.8, 4) is 11.8 Å². The van der Waals surface area contributed by atoms with Crippen LogP contribution in [0.4, 0.5) is 10.7 Å². The van der Waals surface area contributed by atoms with E-state index in [1.807, 2.05) is 43.3 Å². The standard InChI is InChI=1S/C30H24ClN5O2S/c1-19-24(28(31)35(34-19)22-7-5-4-6-8-22)14-11-21-15-25-26(17-32)29(39-27(25)30(2,3)16-21)33-18-20-9-12-23(13-10-20)36(37)38/h4-15,18H,16H2,1-3H3/b14-11-,33-18+. The zero-order valence-corrected chi connectivity index (χ0v) is 23.1. The molecular formula is C30H24ClN5O2S. The molecule has 0 radical (unpaired) electrons. The molecule has 4 aromatic rings. The number of benzene rings is 2. The van der Waals surface area contributed by atoms with Crippen molar-refractivity contribution in [2.45, 2.75) is 32.6 Å². The number of halogens is 1. The van der Waals surface area contributed by atoms with Gasteiger partial charge in [-0.15, -0.1) is 11.3 Å². The number of aromatic nitrogens is 2. The van der Waals surface area contributed by atoms with E-state index in [2.05, 4.69) is 42.2 Å². The second kappa shape index (κ2) is 10.4. The van der Waals surface area contributed by atoms with Gasteiger partial charge in [-0.25, -0.2) is 9.67 Å². The highest BCUT2D eigenvalue weighted by atomic mass is 35.5. The number of hydrogen-bond donors (Lipinski definition) is 0. The van der Waals surface area contributed by atoms with Gasteiger partial charge in [-0.3, -0.25) is 10.1 Å². The van der Waals surface area contributed by atoms with Gasteiger partial charge in [-0.05, 0) is 60.9 Å². The zero-order chi connectivity index (χ0) is 27.7. The summed E-state index contributed by atoms with van der Waals surface area (Å²) in [5.41, 5.74) is 5.60. The summed E-state index contributed by atoms with van der Waals surface area (Å²) in [6.07, 6.45) is 8.52. The summed E-state index contributed by atoms with van der Waals surface area (Å²) >= 11 is 8.23. The monoisotopic (exact) mass is 553 g/mol. The molecule has 0 unspecified atom stereocenters. The number of rotatable bonds is 6. The number of aliphatic imine (C=N–C) groups is 1. The number of thiophene rings is 1. The van der Waals surface area contributed by atoms with Gasteiger partial charge < -0.3 is 0 Å². The Balaban J connectivity index is 1.47. The Morgan fingerprint density at radius 3 is 2.56 bits per heavy atom. The molecule has 0 amide bonds. The molecule has 0 spiro atoms. The second-order valence-electron chi connectivity index (χ2n) is 9.89. The molecule has 0 bridgehead atoms. The molecule has 0 atom stereocenters. The summed E-state index contributed by atoms with van der Waals surface area (Å²) in [7, 11) is 0. The van der Waals surface area contributed by atoms with E-state index >= 15 is 0 Å². The predicted molar refractivity (Wildman–Crippen MR) is 157 cm³/mol. The average molecular weight is 554 g/mol. The number of fused-ring (bicyclic) bond motifs is 1. The molecule has 0 saturated heterocycles. The molecule has 1 aliphatic carbocycles. The van der Waals surface area contributed by atoms with E-state index in [0.29, 0.717) is 15.7 Å². The van der Waals surface area contributed by atoms with Crippen LogP contribution in [0.3, 0.4) is 0 Å². The van der Waals surface area contributed by atoms with Crippen molar-refractivity contribution < 1.29 is 4.92 Å². The van der Waals surface area contributed by atoms with Crippen LogP contribution in [0.5, 0.6) is 0 Å². The van der Waals surface area contributed by atoms with Crippen molar-refractivity contribution in [2.24, 2.45) is 4.99 Å². The van der Waals surface area contributed by atoms with Gasteiger partial charge >= 0.3 is 0 Å². The topological polar surface area (TPSA) is 97.1 Å². The third-order valence-electron chi connectivity index (χ3n) is 6.58. The molecule has 2 heterocycles.